The van der Waals surface area contributed by atoms with Crippen molar-refractivity contribution < 1.29 is 14.3 Å². The molecule has 0 N–H and O–H groups in total. The Balaban J connectivity index is 1.47. The fraction of sp³-hybridized carbons (Fsp3) is 0.321. The third kappa shape index (κ3) is 5.50. The molecule has 1 aliphatic heterocycles. The molecule has 0 bridgehead atoms. The van der Waals surface area contributed by atoms with Crippen LogP contribution in [0, 0.1) is 0 Å². The van der Waals surface area contributed by atoms with Gasteiger partial charge in [0.2, 0.25) is 0 Å². The Morgan fingerprint density at radius 2 is 1.50 bits per heavy atom. The Labute approximate surface area is 190 Å². The number of likely N-dealkylation sites (tertiary alicyclic amines) is 1. The quantitative estimate of drug-likeness (QED) is 0.439. The van der Waals surface area contributed by atoms with Crippen molar-refractivity contribution in [2.24, 2.45) is 0 Å². The monoisotopic (exact) mass is 429 g/mol. The molecule has 4 rings (SSSR count). The lowest BCUT2D eigenvalue weighted by Gasteiger charge is -2.21. The lowest BCUT2D eigenvalue weighted by atomic mass is 10.1. The molecule has 0 radical (unpaired) electrons. The molecule has 1 fully saturated rings. The lowest BCUT2D eigenvalue weighted by molar-refractivity contribution is 0.0761. The second-order valence-corrected chi connectivity index (χ2v) is 8.14. The minimum atomic E-state index is 0.100. The van der Waals surface area contributed by atoms with Crippen molar-refractivity contribution in [2.75, 3.05) is 19.7 Å². The fourth-order valence-corrected chi connectivity index (χ4v) is 4.11. The van der Waals surface area contributed by atoms with Crippen LogP contribution < -0.4 is 9.47 Å². The minimum absolute atomic E-state index is 0.100. The van der Waals surface area contributed by atoms with Gasteiger partial charge < -0.3 is 14.4 Å². The molecule has 3 aromatic carbocycles. The van der Waals surface area contributed by atoms with E-state index < -0.39 is 0 Å². The average Bonchev–Trinajstić information content (AvgIpc) is 3.14. The average molecular weight is 430 g/mol. The highest BCUT2D eigenvalue weighted by Gasteiger charge is 2.19. The summed E-state index contributed by atoms with van der Waals surface area (Å²) in [6.45, 7) is 4.56. The molecule has 1 saturated heterocycles. The molecule has 1 heterocycles. The molecule has 0 atom stereocenters. The molecule has 0 unspecified atom stereocenters. The van der Waals surface area contributed by atoms with Crippen LogP contribution in [0.2, 0.25) is 0 Å². The zero-order chi connectivity index (χ0) is 22.2. The molecule has 0 saturated carbocycles. The van der Waals surface area contributed by atoms with E-state index in [4.69, 9.17) is 9.47 Å². The second-order valence-electron chi connectivity index (χ2n) is 8.14. The predicted octanol–water partition coefficient (Wildman–Crippen LogP) is 6.35. The molecule has 0 aliphatic carbocycles. The summed E-state index contributed by atoms with van der Waals surface area (Å²) in [4.78, 5) is 15.0. The fourth-order valence-electron chi connectivity index (χ4n) is 4.11. The second kappa shape index (κ2) is 10.9. The third-order valence-corrected chi connectivity index (χ3v) is 5.86. The molecule has 0 spiro atoms. The highest BCUT2D eigenvalue weighted by atomic mass is 16.5. The van der Waals surface area contributed by atoms with E-state index in [9.17, 15) is 4.79 Å². The molecule has 1 aliphatic rings. The first-order valence-electron chi connectivity index (χ1n) is 11.6. The predicted molar refractivity (Wildman–Crippen MR) is 128 cm³/mol. The van der Waals surface area contributed by atoms with Gasteiger partial charge in [0.05, 0.1) is 6.61 Å². The van der Waals surface area contributed by atoms with E-state index in [2.05, 4.69) is 24.3 Å². The van der Waals surface area contributed by atoms with Gasteiger partial charge in [-0.25, -0.2) is 0 Å². The molecule has 4 heteroatoms. The third-order valence-electron chi connectivity index (χ3n) is 5.86. The van der Waals surface area contributed by atoms with Crippen LogP contribution in [-0.4, -0.2) is 30.5 Å². The van der Waals surface area contributed by atoms with Crippen LogP contribution in [0.25, 0.3) is 11.1 Å². The number of hydrogen-bond donors (Lipinski definition) is 0. The molecule has 32 heavy (non-hydrogen) atoms. The molecule has 166 valence electrons. The van der Waals surface area contributed by atoms with Crippen molar-refractivity contribution in [1.29, 1.82) is 0 Å². The Morgan fingerprint density at radius 3 is 2.19 bits per heavy atom. The Kier molecular flexibility index (Phi) is 7.44. The number of carbonyl (C=O) groups excluding carboxylic acids is 1. The first kappa shape index (κ1) is 21.9. The summed E-state index contributed by atoms with van der Waals surface area (Å²) in [7, 11) is 0. The zero-order valence-electron chi connectivity index (χ0n) is 18.8. The maximum atomic E-state index is 13.1. The summed E-state index contributed by atoms with van der Waals surface area (Å²) in [6.07, 6.45) is 4.57. The van der Waals surface area contributed by atoms with Crippen molar-refractivity contribution in [2.45, 2.75) is 39.2 Å². The molecular weight excluding hydrogens is 398 g/mol. The normalized spacial score (nSPS) is 14.0. The van der Waals surface area contributed by atoms with Gasteiger partial charge in [-0.2, -0.15) is 0 Å². The van der Waals surface area contributed by atoms with Crippen LogP contribution in [0.4, 0.5) is 0 Å². The molecule has 0 aromatic heterocycles. The minimum Gasteiger partial charge on any atom is -0.493 e. The van der Waals surface area contributed by atoms with E-state index >= 15 is 0 Å². The Hall–Kier alpha value is -3.27. The van der Waals surface area contributed by atoms with Gasteiger partial charge in [0.15, 0.2) is 0 Å². The van der Waals surface area contributed by atoms with Crippen LogP contribution in [0.15, 0.2) is 72.8 Å². The van der Waals surface area contributed by atoms with Crippen molar-refractivity contribution in [3.05, 3.63) is 83.9 Å². The SMILES string of the molecule is CCOc1ccc(C(=O)N2CCCCCC2)cc1COc1ccc(-c2ccccc2)cc1. The summed E-state index contributed by atoms with van der Waals surface area (Å²) in [5.74, 6) is 1.65. The van der Waals surface area contributed by atoms with Gasteiger partial charge in [-0.3, -0.25) is 4.79 Å². The number of nitrogens with zero attached hydrogens (tertiary/aromatic N) is 1. The van der Waals surface area contributed by atoms with Gasteiger partial charge in [-0.15, -0.1) is 0 Å². The van der Waals surface area contributed by atoms with E-state index in [-0.39, 0.29) is 5.91 Å². The van der Waals surface area contributed by atoms with Gasteiger partial charge in [0, 0.05) is 24.2 Å². The van der Waals surface area contributed by atoms with Gasteiger partial charge in [-0.05, 0) is 61.2 Å². The molecular formula is C28H31NO3. The van der Waals surface area contributed by atoms with Gasteiger partial charge in [0.25, 0.3) is 5.91 Å². The standard InChI is InChI=1S/C28H31NO3/c1-2-31-27-17-14-24(28(30)29-18-8-3-4-9-19-29)20-25(27)21-32-26-15-12-23(13-16-26)22-10-6-5-7-11-22/h5-7,10-17,20H,2-4,8-9,18-19,21H2,1H3. The van der Waals surface area contributed by atoms with E-state index in [0.29, 0.717) is 18.8 Å². The molecule has 1 amide bonds. The zero-order valence-corrected chi connectivity index (χ0v) is 18.8. The first-order valence-corrected chi connectivity index (χ1v) is 11.6. The Morgan fingerprint density at radius 1 is 0.812 bits per heavy atom. The van der Waals surface area contributed by atoms with Gasteiger partial charge in [-0.1, -0.05) is 55.3 Å². The van der Waals surface area contributed by atoms with Crippen molar-refractivity contribution in [3.8, 4) is 22.6 Å². The highest BCUT2D eigenvalue weighted by Crippen LogP contribution is 2.26. The summed E-state index contributed by atoms with van der Waals surface area (Å²) in [5, 5.41) is 0. The number of benzene rings is 3. The topological polar surface area (TPSA) is 38.8 Å². The van der Waals surface area contributed by atoms with Crippen LogP contribution in [0.1, 0.15) is 48.5 Å². The number of rotatable bonds is 7. The number of hydrogen-bond acceptors (Lipinski definition) is 3. The first-order chi connectivity index (χ1) is 15.7. The maximum Gasteiger partial charge on any atom is 0.253 e. The Bertz CT molecular complexity index is 1010. The lowest BCUT2D eigenvalue weighted by Crippen LogP contribution is -2.31. The van der Waals surface area contributed by atoms with Crippen LogP contribution in [0.3, 0.4) is 0 Å². The van der Waals surface area contributed by atoms with Crippen LogP contribution in [-0.2, 0) is 6.61 Å². The summed E-state index contributed by atoms with van der Waals surface area (Å²) in [6, 6.07) is 24.1. The summed E-state index contributed by atoms with van der Waals surface area (Å²) in [5.41, 5.74) is 3.92. The van der Waals surface area contributed by atoms with Crippen molar-refractivity contribution in [3.63, 3.8) is 0 Å². The number of carbonyl (C=O) groups is 1. The molecule has 4 nitrogen and oxygen atoms in total. The molecule has 3 aromatic rings. The summed E-state index contributed by atoms with van der Waals surface area (Å²) >= 11 is 0. The van der Waals surface area contributed by atoms with Crippen molar-refractivity contribution in [1.82, 2.24) is 4.90 Å². The van der Waals surface area contributed by atoms with E-state index in [1.807, 2.05) is 60.4 Å². The van der Waals surface area contributed by atoms with E-state index in [0.717, 1.165) is 48.6 Å². The summed E-state index contributed by atoms with van der Waals surface area (Å²) < 4.78 is 11.9. The smallest absolute Gasteiger partial charge is 0.253 e. The largest absolute Gasteiger partial charge is 0.493 e. The van der Waals surface area contributed by atoms with E-state index in [1.165, 1.54) is 18.4 Å². The van der Waals surface area contributed by atoms with Gasteiger partial charge in [0.1, 0.15) is 18.1 Å². The number of amides is 1. The maximum absolute atomic E-state index is 13.1. The van der Waals surface area contributed by atoms with Crippen LogP contribution in [0.5, 0.6) is 11.5 Å². The van der Waals surface area contributed by atoms with Crippen molar-refractivity contribution >= 4 is 5.91 Å². The van der Waals surface area contributed by atoms with Crippen LogP contribution >= 0.6 is 0 Å². The van der Waals surface area contributed by atoms with E-state index in [1.54, 1.807) is 0 Å². The number of ether oxygens (including phenoxy) is 2. The van der Waals surface area contributed by atoms with Gasteiger partial charge >= 0.3 is 0 Å². The highest BCUT2D eigenvalue weighted by molar-refractivity contribution is 5.94.